The van der Waals surface area contributed by atoms with Gasteiger partial charge in [0, 0.05) is 6.08 Å². The van der Waals surface area contributed by atoms with Crippen molar-refractivity contribution in [2.24, 2.45) is 0 Å². The highest BCUT2D eigenvalue weighted by molar-refractivity contribution is 5.88. The van der Waals surface area contributed by atoms with Gasteiger partial charge in [0.05, 0.1) is 26.0 Å². The maximum Gasteiger partial charge on any atom is 0.328 e. The molecule has 0 aromatic carbocycles. The van der Waals surface area contributed by atoms with E-state index in [1.54, 1.807) is 4.90 Å². The second kappa shape index (κ2) is 5.44. The molecule has 4 heterocycles. The molecular formula is C10H16N4O4. The van der Waals surface area contributed by atoms with Gasteiger partial charge in [0.25, 0.3) is 0 Å². The maximum atomic E-state index is 9.53. The van der Waals surface area contributed by atoms with Gasteiger partial charge < -0.3 is 15.0 Å². The minimum absolute atomic E-state index is 0.447. The molecule has 4 aliphatic heterocycles. The number of carbonyl (C=O) groups excluding carboxylic acids is 1. The molecule has 18 heavy (non-hydrogen) atoms. The van der Waals surface area contributed by atoms with Crippen LogP contribution in [0.1, 0.15) is 0 Å². The van der Waals surface area contributed by atoms with Crippen LogP contribution in [0.15, 0.2) is 12.2 Å². The van der Waals surface area contributed by atoms with Crippen molar-refractivity contribution in [2.45, 2.75) is 0 Å². The van der Waals surface area contributed by atoms with Crippen LogP contribution in [-0.4, -0.2) is 71.8 Å². The Labute approximate surface area is 104 Å². The Hall–Kier alpha value is -1.48. The van der Waals surface area contributed by atoms with Gasteiger partial charge in [0.1, 0.15) is 20.0 Å². The summed E-state index contributed by atoms with van der Waals surface area (Å²) in [6, 6.07) is 0. The third-order valence-corrected chi connectivity index (χ3v) is 2.90. The number of quaternary nitrogens is 1. The lowest BCUT2D eigenvalue weighted by molar-refractivity contribution is -0.958. The fraction of sp³-hybridized carbons (Fsp3) is 0.600. The third-order valence-electron chi connectivity index (χ3n) is 2.90. The largest absolute Gasteiger partial charge is 0.545 e. The van der Waals surface area contributed by atoms with Gasteiger partial charge in [-0.25, -0.2) is 19.5 Å². The SMILES string of the molecule is C1N2CN3CN1C[NH+](C2)C3.O=C([O-])/C=C/C(=O)O. The van der Waals surface area contributed by atoms with Crippen molar-refractivity contribution >= 4 is 11.9 Å². The summed E-state index contributed by atoms with van der Waals surface area (Å²) in [6.07, 6.45) is 0.942. The molecule has 0 unspecified atom stereocenters. The molecule has 8 nitrogen and oxygen atoms in total. The van der Waals surface area contributed by atoms with E-state index in [1.807, 2.05) is 0 Å². The number of carboxylic acids is 2. The zero-order valence-electron chi connectivity index (χ0n) is 9.91. The zero-order chi connectivity index (χ0) is 13.1. The number of nitrogens with zero attached hydrogens (tertiary/aromatic N) is 3. The fourth-order valence-corrected chi connectivity index (χ4v) is 2.52. The first-order valence-corrected chi connectivity index (χ1v) is 5.65. The van der Waals surface area contributed by atoms with Crippen LogP contribution in [-0.2, 0) is 9.59 Å². The summed E-state index contributed by atoms with van der Waals surface area (Å²) in [6.45, 7) is 7.44. The molecule has 0 atom stereocenters. The summed E-state index contributed by atoms with van der Waals surface area (Å²) < 4.78 is 0. The number of aliphatic carboxylic acids is 2. The van der Waals surface area contributed by atoms with Gasteiger partial charge in [-0.1, -0.05) is 0 Å². The predicted octanol–water partition coefficient (Wildman–Crippen LogP) is -4.06. The van der Waals surface area contributed by atoms with Crippen LogP contribution in [0, 0.1) is 0 Å². The number of hydrogen-bond donors (Lipinski definition) is 2. The van der Waals surface area contributed by atoms with Gasteiger partial charge in [-0.05, 0) is 6.08 Å². The van der Waals surface area contributed by atoms with E-state index in [0.29, 0.717) is 12.2 Å². The van der Waals surface area contributed by atoms with E-state index in [4.69, 9.17) is 5.11 Å². The lowest BCUT2D eigenvalue weighted by atomic mass is 10.4. The molecule has 0 radical (unpaired) electrons. The summed E-state index contributed by atoms with van der Waals surface area (Å²) in [4.78, 5) is 28.2. The highest BCUT2D eigenvalue weighted by Crippen LogP contribution is 2.09. The molecule has 4 aliphatic rings. The number of nitrogens with one attached hydrogen (secondary N) is 1. The Morgan fingerprint density at radius 3 is 1.67 bits per heavy atom. The molecule has 4 fully saturated rings. The maximum absolute atomic E-state index is 9.53. The standard InChI is InChI=1S/C6H12N4.C4H4O4/c1-7-2-9-4-8(1)5-10(3-7)6-9;5-3(6)1-2-4(7)8/h1-6H2;1-2H,(H,5,6)(H,7,8)/b;2-1+. The van der Waals surface area contributed by atoms with E-state index < -0.39 is 11.9 Å². The first-order valence-electron chi connectivity index (χ1n) is 5.65. The quantitative estimate of drug-likeness (QED) is 0.486. The summed E-state index contributed by atoms with van der Waals surface area (Å²) in [5.74, 6) is -2.80. The van der Waals surface area contributed by atoms with Crippen molar-refractivity contribution in [3.8, 4) is 0 Å². The third kappa shape index (κ3) is 3.50. The smallest absolute Gasteiger partial charge is 0.328 e. The van der Waals surface area contributed by atoms with Gasteiger partial charge in [-0.15, -0.1) is 0 Å². The fourth-order valence-electron chi connectivity index (χ4n) is 2.52. The minimum atomic E-state index is -1.51. The van der Waals surface area contributed by atoms with Crippen molar-refractivity contribution in [1.82, 2.24) is 14.7 Å². The Bertz CT molecular complexity index is 298. The van der Waals surface area contributed by atoms with Crippen molar-refractivity contribution in [3.63, 3.8) is 0 Å². The Kier molecular flexibility index (Phi) is 3.92. The molecule has 8 heteroatoms. The van der Waals surface area contributed by atoms with Crippen molar-refractivity contribution in [1.29, 1.82) is 0 Å². The number of carboxylic acid groups (broad SMARTS) is 2. The van der Waals surface area contributed by atoms with Crippen LogP contribution in [0.5, 0.6) is 0 Å². The minimum Gasteiger partial charge on any atom is -0.545 e. The Morgan fingerprint density at radius 2 is 1.44 bits per heavy atom. The first kappa shape index (κ1) is 13.0. The summed E-state index contributed by atoms with van der Waals surface area (Å²) >= 11 is 0. The Morgan fingerprint density at radius 1 is 1.00 bits per heavy atom. The first-order chi connectivity index (χ1) is 8.52. The van der Waals surface area contributed by atoms with Gasteiger partial charge in [0.15, 0.2) is 0 Å². The monoisotopic (exact) mass is 256 g/mol. The molecule has 0 amide bonds. The van der Waals surface area contributed by atoms with Gasteiger partial charge in [0.2, 0.25) is 0 Å². The van der Waals surface area contributed by atoms with Crippen LogP contribution >= 0.6 is 0 Å². The molecule has 0 aliphatic carbocycles. The van der Waals surface area contributed by atoms with Gasteiger partial charge >= 0.3 is 5.97 Å². The summed E-state index contributed by atoms with van der Waals surface area (Å²) in [5, 5.41) is 17.2. The molecule has 100 valence electrons. The van der Waals surface area contributed by atoms with E-state index in [-0.39, 0.29) is 0 Å². The molecule has 0 saturated carbocycles. The topological polar surface area (TPSA) is 91.6 Å². The van der Waals surface area contributed by atoms with Gasteiger partial charge in [-0.2, -0.15) is 0 Å². The average Bonchev–Trinajstić information content (AvgIpc) is 2.25. The predicted molar refractivity (Wildman–Crippen MR) is 57.5 cm³/mol. The normalized spacial score (nSPS) is 36.2. The lowest BCUT2D eigenvalue weighted by Gasteiger charge is -2.53. The van der Waals surface area contributed by atoms with E-state index in [9.17, 15) is 14.7 Å². The second-order valence-corrected chi connectivity index (χ2v) is 4.65. The van der Waals surface area contributed by atoms with Crippen LogP contribution in [0.3, 0.4) is 0 Å². The lowest BCUT2D eigenvalue weighted by Crippen LogP contribution is -3.21. The molecule has 0 aromatic rings. The number of carbonyl (C=O) groups is 2. The molecule has 2 N–H and O–H groups in total. The van der Waals surface area contributed by atoms with E-state index in [1.165, 1.54) is 40.0 Å². The molecule has 4 saturated heterocycles. The average molecular weight is 256 g/mol. The second-order valence-electron chi connectivity index (χ2n) is 4.65. The van der Waals surface area contributed by atoms with Crippen molar-refractivity contribution < 1.29 is 24.7 Å². The number of hydrogen-bond acceptors (Lipinski definition) is 6. The zero-order valence-corrected chi connectivity index (χ0v) is 9.91. The number of rotatable bonds is 2. The molecule has 4 bridgehead atoms. The van der Waals surface area contributed by atoms with Crippen LogP contribution in [0.2, 0.25) is 0 Å². The van der Waals surface area contributed by atoms with E-state index in [2.05, 4.69) is 14.7 Å². The summed E-state index contributed by atoms with van der Waals surface area (Å²) in [5.41, 5.74) is 0. The van der Waals surface area contributed by atoms with Crippen molar-refractivity contribution in [2.75, 3.05) is 40.0 Å². The summed E-state index contributed by atoms with van der Waals surface area (Å²) in [7, 11) is 0. The van der Waals surface area contributed by atoms with E-state index in [0.717, 1.165) is 0 Å². The van der Waals surface area contributed by atoms with Crippen LogP contribution in [0.4, 0.5) is 0 Å². The van der Waals surface area contributed by atoms with Crippen LogP contribution < -0.4 is 10.0 Å². The van der Waals surface area contributed by atoms with Gasteiger partial charge in [-0.3, -0.25) is 4.90 Å². The van der Waals surface area contributed by atoms with Crippen molar-refractivity contribution in [3.05, 3.63) is 12.2 Å². The molecule has 4 rings (SSSR count). The van der Waals surface area contributed by atoms with Crippen LogP contribution in [0.25, 0.3) is 0 Å². The Balaban J connectivity index is 0.000000139. The molecular weight excluding hydrogens is 240 g/mol. The highest BCUT2D eigenvalue weighted by atomic mass is 16.4. The molecule has 0 spiro atoms. The highest BCUT2D eigenvalue weighted by Gasteiger charge is 2.39. The van der Waals surface area contributed by atoms with E-state index >= 15 is 0 Å². The molecule has 0 aromatic heterocycles.